The van der Waals surface area contributed by atoms with Crippen LogP contribution in [0.25, 0.3) is 10.9 Å². The maximum Gasteiger partial charge on any atom is 0.337 e. The van der Waals surface area contributed by atoms with Crippen LogP contribution < -0.4 is 4.74 Å². The topological polar surface area (TPSA) is 88.7 Å². The SMILES string of the molecule is CCCOc1ccc(C(=O)CCC(=O)N2CCc3[nH]c4ccc(C(=O)OC)cc4c3C2)cc1. The summed E-state index contributed by atoms with van der Waals surface area (Å²) in [6.45, 7) is 3.73. The average Bonchev–Trinajstić information content (AvgIpc) is 3.22. The summed E-state index contributed by atoms with van der Waals surface area (Å²) < 4.78 is 10.4. The zero-order valence-electron chi connectivity index (χ0n) is 19.0. The molecule has 0 unspecified atom stereocenters. The Morgan fingerprint density at radius 1 is 1.03 bits per heavy atom. The molecule has 0 spiro atoms. The molecule has 0 fully saturated rings. The highest BCUT2D eigenvalue weighted by Gasteiger charge is 2.25. The third-order valence-electron chi connectivity index (χ3n) is 5.96. The number of esters is 1. The van der Waals surface area contributed by atoms with Gasteiger partial charge in [0, 0.05) is 60.1 Å². The monoisotopic (exact) mass is 448 g/mol. The number of nitrogens with zero attached hydrogens (tertiary/aromatic N) is 1. The van der Waals surface area contributed by atoms with Crippen molar-refractivity contribution in [2.24, 2.45) is 0 Å². The van der Waals surface area contributed by atoms with Gasteiger partial charge in [0.15, 0.2) is 5.78 Å². The second-order valence-electron chi connectivity index (χ2n) is 8.20. The number of hydrogen-bond donors (Lipinski definition) is 1. The number of methoxy groups -OCH3 is 1. The largest absolute Gasteiger partial charge is 0.494 e. The second kappa shape index (κ2) is 9.90. The fraction of sp³-hybridized carbons (Fsp3) is 0.346. The van der Waals surface area contributed by atoms with Crippen LogP contribution in [0, 0.1) is 0 Å². The number of ether oxygens (including phenoxy) is 2. The fourth-order valence-corrected chi connectivity index (χ4v) is 4.15. The maximum absolute atomic E-state index is 12.9. The van der Waals surface area contributed by atoms with Gasteiger partial charge in [-0.3, -0.25) is 9.59 Å². The van der Waals surface area contributed by atoms with Gasteiger partial charge < -0.3 is 19.4 Å². The zero-order chi connectivity index (χ0) is 23.4. The average molecular weight is 449 g/mol. The highest BCUT2D eigenvalue weighted by Crippen LogP contribution is 2.29. The number of aromatic amines is 1. The van der Waals surface area contributed by atoms with E-state index in [-0.39, 0.29) is 30.5 Å². The van der Waals surface area contributed by atoms with Crippen LogP contribution in [-0.4, -0.2) is 47.8 Å². The number of carbonyl (C=O) groups excluding carboxylic acids is 3. The molecule has 1 amide bonds. The van der Waals surface area contributed by atoms with Crippen molar-refractivity contribution in [3.63, 3.8) is 0 Å². The number of benzene rings is 2. The number of Topliss-reactive ketones (excluding diaryl/α,β-unsaturated/α-hetero) is 1. The molecule has 2 heterocycles. The van der Waals surface area contributed by atoms with Gasteiger partial charge in [0.05, 0.1) is 19.3 Å². The first-order valence-corrected chi connectivity index (χ1v) is 11.3. The molecule has 0 radical (unpaired) electrons. The van der Waals surface area contributed by atoms with E-state index in [2.05, 4.69) is 4.98 Å². The van der Waals surface area contributed by atoms with E-state index in [0.29, 0.717) is 37.2 Å². The Morgan fingerprint density at radius 3 is 2.52 bits per heavy atom. The summed E-state index contributed by atoms with van der Waals surface area (Å²) in [5.74, 6) is 0.245. The predicted molar refractivity (Wildman–Crippen MR) is 125 cm³/mol. The Morgan fingerprint density at radius 2 is 1.79 bits per heavy atom. The highest BCUT2D eigenvalue weighted by molar-refractivity contribution is 5.98. The van der Waals surface area contributed by atoms with Crippen molar-refractivity contribution in [2.75, 3.05) is 20.3 Å². The van der Waals surface area contributed by atoms with E-state index in [4.69, 9.17) is 9.47 Å². The second-order valence-corrected chi connectivity index (χ2v) is 8.20. The van der Waals surface area contributed by atoms with Crippen LogP contribution in [0.3, 0.4) is 0 Å². The van der Waals surface area contributed by atoms with Crippen molar-refractivity contribution in [2.45, 2.75) is 39.2 Å². The molecule has 7 nitrogen and oxygen atoms in total. The summed E-state index contributed by atoms with van der Waals surface area (Å²) in [6, 6.07) is 12.5. The highest BCUT2D eigenvalue weighted by atomic mass is 16.5. The van der Waals surface area contributed by atoms with E-state index >= 15 is 0 Å². The smallest absolute Gasteiger partial charge is 0.337 e. The van der Waals surface area contributed by atoms with Crippen molar-refractivity contribution < 1.29 is 23.9 Å². The number of nitrogens with one attached hydrogen (secondary N) is 1. The number of carbonyl (C=O) groups is 3. The van der Waals surface area contributed by atoms with E-state index in [1.165, 1.54) is 7.11 Å². The van der Waals surface area contributed by atoms with Gasteiger partial charge >= 0.3 is 5.97 Å². The number of fused-ring (bicyclic) bond motifs is 3. The summed E-state index contributed by atoms with van der Waals surface area (Å²) in [4.78, 5) is 42.5. The van der Waals surface area contributed by atoms with Crippen molar-refractivity contribution >= 4 is 28.6 Å². The van der Waals surface area contributed by atoms with E-state index in [9.17, 15) is 14.4 Å². The molecular weight excluding hydrogens is 420 g/mol. The van der Waals surface area contributed by atoms with Gasteiger partial charge in [-0.15, -0.1) is 0 Å². The van der Waals surface area contributed by atoms with Gasteiger partial charge in [0.25, 0.3) is 0 Å². The summed E-state index contributed by atoms with van der Waals surface area (Å²) in [5, 5.41) is 0.923. The van der Waals surface area contributed by atoms with Crippen LogP contribution in [0.2, 0.25) is 0 Å². The molecule has 0 aliphatic carbocycles. The predicted octanol–water partition coefficient (Wildman–Crippen LogP) is 4.29. The molecular formula is C26H28N2O5. The first-order chi connectivity index (χ1) is 16.0. The minimum absolute atomic E-state index is 0.0460. The molecule has 7 heteroatoms. The first kappa shape index (κ1) is 22.6. The van der Waals surface area contributed by atoms with Crippen molar-refractivity contribution in [1.82, 2.24) is 9.88 Å². The third-order valence-corrected chi connectivity index (χ3v) is 5.96. The Balaban J connectivity index is 1.39. The molecule has 0 saturated carbocycles. The molecule has 2 aromatic carbocycles. The summed E-state index contributed by atoms with van der Waals surface area (Å²) in [5.41, 5.74) is 4.09. The summed E-state index contributed by atoms with van der Waals surface area (Å²) >= 11 is 0. The minimum atomic E-state index is -0.390. The van der Waals surface area contributed by atoms with Crippen LogP contribution in [0.4, 0.5) is 0 Å². The quantitative estimate of drug-likeness (QED) is 0.410. The lowest BCUT2D eigenvalue weighted by atomic mass is 10.0. The van der Waals surface area contributed by atoms with Gasteiger partial charge in [0.2, 0.25) is 5.91 Å². The van der Waals surface area contributed by atoms with Crippen LogP contribution >= 0.6 is 0 Å². The Kier molecular flexibility index (Phi) is 6.77. The van der Waals surface area contributed by atoms with Crippen LogP contribution in [0.1, 0.15) is 58.2 Å². The third kappa shape index (κ3) is 4.92. The lowest BCUT2D eigenvalue weighted by Gasteiger charge is -2.27. The number of rotatable bonds is 8. The summed E-state index contributed by atoms with van der Waals surface area (Å²) in [7, 11) is 1.36. The molecule has 1 aliphatic heterocycles. The molecule has 3 aromatic rings. The fourth-order valence-electron chi connectivity index (χ4n) is 4.15. The standard InChI is InChI=1S/C26H28N2O5/c1-3-14-33-19-7-4-17(5-8-19)24(29)10-11-25(30)28-13-12-23-21(16-28)20-15-18(26(31)32-2)6-9-22(20)27-23/h4-9,15,27H,3,10-14,16H2,1-2H3. The number of aromatic nitrogens is 1. The lowest BCUT2D eigenvalue weighted by molar-refractivity contribution is -0.132. The molecule has 4 rings (SSSR count). The molecule has 1 aliphatic rings. The van der Waals surface area contributed by atoms with Crippen molar-refractivity contribution in [3.05, 3.63) is 64.8 Å². The van der Waals surface area contributed by atoms with Gasteiger partial charge in [-0.1, -0.05) is 6.92 Å². The Bertz CT molecular complexity index is 1180. The van der Waals surface area contributed by atoms with Gasteiger partial charge in [0.1, 0.15) is 5.75 Å². The molecule has 172 valence electrons. The zero-order valence-corrected chi connectivity index (χ0v) is 19.0. The molecule has 1 N–H and O–H groups in total. The van der Waals surface area contributed by atoms with Gasteiger partial charge in [-0.2, -0.15) is 0 Å². The van der Waals surface area contributed by atoms with E-state index in [0.717, 1.165) is 34.3 Å². The van der Waals surface area contributed by atoms with Gasteiger partial charge in [-0.05, 0) is 48.9 Å². The van der Waals surface area contributed by atoms with Crippen LogP contribution in [0.5, 0.6) is 5.75 Å². The number of ketones is 1. The van der Waals surface area contributed by atoms with Crippen molar-refractivity contribution in [1.29, 1.82) is 0 Å². The Hall–Kier alpha value is -3.61. The molecule has 0 saturated heterocycles. The maximum atomic E-state index is 12.9. The van der Waals surface area contributed by atoms with Gasteiger partial charge in [-0.25, -0.2) is 4.79 Å². The van der Waals surface area contributed by atoms with E-state index in [1.54, 1.807) is 35.2 Å². The van der Waals surface area contributed by atoms with Crippen molar-refractivity contribution in [3.8, 4) is 5.75 Å². The van der Waals surface area contributed by atoms with E-state index in [1.807, 2.05) is 19.1 Å². The molecule has 1 aromatic heterocycles. The normalized spacial score (nSPS) is 13.0. The van der Waals surface area contributed by atoms with Crippen LogP contribution in [0.15, 0.2) is 42.5 Å². The number of hydrogen-bond acceptors (Lipinski definition) is 5. The van der Waals surface area contributed by atoms with Crippen LogP contribution in [-0.2, 0) is 22.5 Å². The minimum Gasteiger partial charge on any atom is -0.494 e. The number of H-pyrrole nitrogens is 1. The molecule has 33 heavy (non-hydrogen) atoms. The lowest BCUT2D eigenvalue weighted by Crippen LogP contribution is -2.35. The molecule has 0 bridgehead atoms. The Labute approximate surface area is 192 Å². The first-order valence-electron chi connectivity index (χ1n) is 11.3. The summed E-state index contributed by atoms with van der Waals surface area (Å²) in [6.07, 6.45) is 1.96. The molecule has 0 atom stereocenters. The number of amides is 1. The van der Waals surface area contributed by atoms with E-state index < -0.39 is 0 Å².